The average Bonchev–Trinajstić information content (AvgIpc) is 2.26. The van der Waals surface area contributed by atoms with Gasteiger partial charge in [-0.05, 0) is 18.6 Å². The molecule has 0 saturated heterocycles. The molecular weight excluding hydrogens is 208 g/mol. The number of hydrogen-bond donors (Lipinski definition) is 2. The molecule has 0 saturated carbocycles. The van der Waals surface area contributed by atoms with Crippen LogP contribution in [0.5, 0.6) is 0 Å². The van der Waals surface area contributed by atoms with E-state index in [-0.39, 0.29) is 5.91 Å². The summed E-state index contributed by atoms with van der Waals surface area (Å²) >= 11 is 0. The van der Waals surface area contributed by atoms with Gasteiger partial charge in [0.1, 0.15) is 5.82 Å². The maximum Gasteiger partial charge on any atom is 0.222 e. The van der Waals surface area contributed by atoms with Crippen LogP contribution in [0, 0.1) is 0 Å². The first-order chi connectivity index (χ1) is 7.72. The summed E-state index contributed by atoms with van der Waals surface area (Å²) in [5, 5.41) is 13.4. The third-order valence-corrected chi connectivity index (χ3v) is 1.80. The van der Waals surface area contributed by atoms with Gasteiger partial charge in [-0.1, -0.05) is 0 Å². The van der Waals surface area contributed by atoms with Crippen molar-refractivity contribution in [3.05, 3.63) is 12.1 Å². The fourth-order valence-corrected chi connectivity index (χ4v) is 1.11. The van der Waals surface area contributed by atoms with Crippen molar-refractivity contribution >= 4 is 17.5 Å². The Kier molecular flexibility index (Phi) is 5.21. The van der Waals surface area contributed by atoms with E-state index in [1.165, 1.54) is 6.92 Å². The van der Waals surface area contributed by atoms with Crippen molar-refractivity contribution in [3.8, 4) is 0 Å². The fourth-order valence-electron chi connectivity index (χ4n) is 1.11. The Morgan fingerprint density at radius 1 is 1.38 bits per heavy atom. The second kappa shape index (κ2) is 6.73. The molecule has 16 heavy (non-hydrogen) atoms. The Labute approximate surface area is 94.4 Å². The first-order valence-electron chi connectivity index (χ1n) is 5.06. The lowest BCUT2D eigenvalue weighted by molar-refractivity contribution is -0.114. The number of anilines is 2. The normalized spacial score (nSPS) is 9.88. The maximum atomic E-state index is 10.7. The summed E-state index contributed by atoms with van der Waals surface area (Å²) < 4.78 is 4.92. The van der Waals surface area contributed by atoms with Gasteiger partial charge in [-0.3, -0.25) is 4.79 Å². The zero-order chi connectivity index (χ0) is 11.8. The number of nitrogens with one attached hydrogen (secondary N) is 2. The van der Waals surface area contributed by atoms with Crippen molar-refractivity contribution in [2.75, 3.05) is 30.9 Å². The van der Waals surface area contributed by atoms with Crippen molar-refractivity contribution in [1.82, 2.24) is 10.2 Å². The molecule has 88 valence electrons. The molecule has 6 nitrogen and oxygen atoms in total. The Hall–Kier alpha value is -1.69. The Morgan fingerprint density at radius 3 is 2.62 bits per heavy atom. The summed E-state index contributed by atoms with van der Waals surface area (Å²) in [6.45, 7) is 2.92. The largest absolute Gasteiger partial charge is 0.385 e. The second-order valence-electron chi connectivity index (χ2n) is 3.26. The second-order valence-corrected chi connectivity index (χ2v) is 3.26. The van der Waals surface area contributed by atoms with Crippen molar-refractivity contribution in [2.24, 2.45) is 0 Å². The highest BCUT2D eigenvalue weighted by Gasteiger charge is 1.98. The summed E-state index contributed by atoms with van der Waals surface area (Å²) in [6, 6.07) is 3.47. The zero-order valence-electron chi connectivity index (χ0n) is 9.49. The van der Waals surface area contributed by atoms with Crippen LogP contribution in [0.4, 0.5) is 11.6 Å². The van der Waals surface area contributed by atoms with Gasteiger partial charge in [-0.15, -0.1) is 10.2 Å². The third-order valence-electron chi connectivity index (χ3n) is 1.80. The number of ether oxygens (including phenoxy) is 1. The number of methoxy groups -OCH3 is 1. The van der Waals surface area contributed by atoms with Gasteiger partial charge in [-0.25, -0.2) is 0 Å². The minimum absolute atomic E-state index is 0.157. The molecule has 0 spiro atoms. The molecule has 6 heteroatoms. The van der Waals surface area contributed by atoms with Crippen LogP contribution >= 0.6 is 0 Å². The van der Waals surface area contributed by atoms with Crippen LogP contribution in [0.1, 0.15) is 13.3 Å². The van der Waals surface area contributed by atoms with Crippen LogP contribution in [0.3, 0.4) is 0 Å². The van der Waals surface area contributed by atoms with Crippen LogP contribution in [-0.4, -0.2) is 36.4 Å². The number of aromatic nitrogens is 2. The van der Waals surface area contributed by atoms with Crippen molar-refractivity contribution in [3.63, 3.8) is 0 Å². The van der Waals surface area contributed by atoms with Crippen LogP contribution in [0.25, 0.3) is 0 Å². The smallest absolute Gasteiger partial charge is 0.222 e. The van der Waals surface area contributed by atoms with Crippen LogP contribution in [0.15, 0.2) is 12.1 Å². The molecule has 0 aliphatic heterocycles. The molecule has 1 aromatic rings. The highest BCUT2D eigenvalue weighted by Crippen LogP contribution is 2.05. The predicted molar refractivity (Wildman–Crippen MR) is 61.3 cm³/mol. The quantitative estimate of drug-likeness (QED) is 0.701. The Morgan fingerprint density at radius 2 is 2.06 bits per heavy atom. The predicted octanol–water partition coefficient (Wildman–Crippen LogP) is 0.883. The first kappa shape index (κ1) is 12.4. The van der Waals surface area contributed by atoms with Gasteiger partial charge in [-0.2, -0.15) is 0 Å². The van der Waals surface area contributed by atoms with E-state index in [9.17, 15) is 4.79 Å². The minimum atomic E-state index is -0.157. The molecule has 0 radical (unpaired) electrons. The van der Waals surface area contributed by atoms with Gasteiger partial charge in [0, 0.05) is 27.2 Å². The number of amides is 1. The zero-order valence-corrected chi connectivity index (χ0v) is 9.49. The van der Waals surface area contributed by atoms with Crippen LogP contribution in [-0.2, 0) is 9.53 Å². The molecule has 0 aliphatic carbocycles. The molecule has 2 N–H and O–H groups in total. The lowest BCUT2D eigenvalue weighted by Crippen LogP contribution is -2.10. The molecule has 0 aromatic carbocycles. The fraction of sp³-hybridized carbons (Fsp3) is 0.500. The van der Waals surface area contributed by atoms with Gasteiger partial charge in [0.15, 0.2) is 5.82 Å². The molecule has 1 heterocycles. The van der Waals surface area contributed by atoms with Crippen molar-refractivity contribution < 1.29 is 9.53 Å². The van der Waals surface area contributed by atoms with E-state index in [0.717, 1.165) is 13.0 Å². The van der Waals surface area contributed by atoms with E-state index < -0.39 is 0 Å². The monoisotopic (exact) mass is 224 g/mol. The summed E-state index contributed by atoms with van der Waals surface area (Å²) in [4.78, 5) is 10.7. The number of nitrogens with zero attached hydrogens (tertiary/aromatic N) is 2. The van der Waals surface area contributed by atoms with E-state index in [2.05, 4.69) is 20.8 Å². The van der Waals surface area contributed by atoms with Crippen molar-refractivity contribution in [1.29, 1.82) is 0 Å². The molecule has 1 amide bonds. The topological polar surface area (TPSA) is 76.1 Å². The minimum Gasteiger partial charge on any atom is -0.385 e. The molecule has 0 aliphatic rings. The Balaban J connectivity index is 2.36. The molecular formula is C10H16N4O2. The summed E-state index contributed by atoms with van der Waals surface area (Å²) in [7, 11) is 1.67. The molecule has 0 fully saturated rings. The SMILES string of the molecule is COCCCNc1ccc(NC(C)=O)nn1. The maximum absolute atomic E-state index is 10.7. The molecule has 0 atom stereocenters. The molecule has 0 unspecified atom stereocenters. The van der Waals surface area contributed by atoms with Crippen LogP contribution in [0.2, 0.25) is 0 Å². The van der Waals surface area contributed by atoms with Gasteiger partial charge in [0.05, 0.1) is 0 Å². The van der Waals surface area contributed by atoms with E-state index in [1.807, 2.05) is 0 Å². The third kappa shape index (κ3) is 4.70. The van der Waals surface area contributed by atoms with Gasteiger partial charge < -0.3 is 15.4 Å². The standard InChI is InChI=1S/C10H16N4O2/c1-8(15)12-10-5-4-9(13-14-10)11-6-3-7-16-2/h4-5H,3,6-7H2,1-2H3,(H,11,13)(H,12,14,15). The van der Waals surface area contributed by atoms with E-state index in [1.54, 1.807) is 19.2 Å². The number of rotatable bonds is 6. The Bertz CT molecular complexity index is 326. The lowest BCUT2D eigenvalue weighted by atomic mass is 10.4. The summed E-state index contributed by atoms with van der Waals surface area (Å²) in [5.41, 5.74) is 0. The number of hydrogen-bond acceptors (Lipinski definition) is 5. The average molecular weight is 224 g/mol. The number of carbonyl (C=O) groups is 1. The molecule has 0 bridgehead atoms. The summed E-state index contributed by atoms with van der Waals surface area (Å²) in [5.74, 6) is 0.982. The first-order valence-corrected chi connectivity index (χ1v) is 5.06. The molecule has 1 rings (SSSR count). The van der Waals surface area contributed by atoms with E-state index in [4.69, 9.17) is 4.74 Å². The van der Waals surface area contributed by atoms with Crippen LogP contribution < -0.4 is 10.6 Å². The van der Waals surface area contributed by atoms with Gasteiger partial charge >= 0.3 is 0 Å². The summed E-state index contributed by atoms with van der Waals surface area (Å²) in [6.07, 6.45) is 0.908. The van der Waals surface area contributed by atoms with Gasteiger partial charge in [0.25, 0.3) is 0 Å². The van der Waals surface area contributed by atoms with E-state index in [0.29, 0.717) is 18.2 Å². The highest BCUT2D eigenvalue weighted by atomic mass is 16.5. The van der Waals surface area contributed by atoms with Crippen molar-refractivity contribution in [2.45, 2.75) is 13.3 Å². The highest BCUT2D eigenvalue weighted by molar-refractivity contribution is 5.87. The molecule has 1 aromatic heterocycles. The lowest BCUT2D eigenvalue weighted by Gasteiger charge is -2.05. The van der Waals surface area contributed by atoms with E-state index >= 15 is 0 Å². The number of carbonyl (C=O) groups excluding carboxylic acids is 1. The van der Waals surface area contributed by atoms with Gasteiger partial charge in [0.2, 0.25) is 5.91 Å².